The highest BCUT2D eigenvalue weighted by Crippen LogP contribution is 2.18. The number of benzene rings is 2. The van der Waals surface area contributed by atoms with Gasteiger partial charge >= 0.3 is 6.03 Å². The van der Waals surface area contributed by atoms with Gasteiger partial charge in [-0.2, -0.15) is 0 Å². The molecule has 18 heavy (non-hydrogen) atoms. The summed E-state index contributed by atoms with van der Waals surface area (Å²) in [5.74, 6) is 0. The number of urea groups is 1. The Hall–Kier alpha value is -1.56. The Balaban J connectivity index is 2.05. The van der Waals surface area contributed by atoms with Gasteiger partial charge in [-0.25, -0.2) is 4.79 Å². The van der Waals surface area contributed by atoms with Crippen LogP contribution in [-0.4, -0.2) is 6.03 Å². The lowest BCUT2D eigenvalue weighted by atomic mass is 10.2. The maximum atomic E-state index is 11.8. The fourth-order valence-corrected chi connectivity index (χ4v) is 2.03. The highest BCUT2D eigenvalue weighted by molar-refractivity contribution is 14.1. The molecule has 0 unspecified atom stereocenters. The van der Waals surface area contributed by atoms with Gasteiger partial charge in [0.15, 0.2) is 0 Å². The van der Waals surface area contributed by atoms with Gasteiger partial charge in [0.2, 0.25) is 0 Å². The highest BCUT2D eigenvalue weighted by Gasteiger charge is 2.05. The Morgan fingerprint density at radius 3 is 2.50 bits per heavy atom. The molecular weight excluding hydrogens is 339 g/mol. The molecular formula is C14H13IN2O. The molecule has 2 aromatic rings. The smallest absolute Gasteiger partial charge is 0.308 e. The Morgan fingerprint density at radius 2 is 1.78 bits per heavy atom. The normalized spacial score (nSPS) is 9.89. The minimum Gasteiger partial charge on any atom is -0.308 e. The van der Waals surface area contributed by atoms with Crippen LogP contribution in [0.5, 0.6) is 0 Å². The van der Waals surface area contributed by atoms with Crippen LogP contribution < -0.4 is 10.6 Å². The fourth-order valence-electron chi connectivity index (χ4n) is 1.54. The monoisotopic (exact) mass is 352 g/mol. The molecule has 0 atom stereocenters. The number of carbonyl (C=O) groups is 1. The minimum absolute atomic E-state index is 0.230. The molecule has 0 spiro atoms. The van der Waals surface area contributed by atoms with E-state index in [1.807, 2.05) is 55.5 Å². The lowest BCUT2D eigenvalue weighted by Gasteiger charge is -2.10. The molecule has 0 heterocycles. The van der Waals surface area contributed by atoms with Gasteiger partial charge in [-0.15, -0.1) is 0 Å². The zero-order valence-electron chi connectivity index (χ0n) is 9.91. The topological polar surface area (TPSA) is 41.1 Å². The third kappa shape index (κ3) is 3.46. The first-order chi connectivity index (χ1) is 8.65. The van der Waals surface area contributed by atoms with E-state index in [-0.39, 0.29) is 6.03 Å². The molecule has 2 aromatic carbocycles. The third-order valence-electron chi connectivity index (χ3n) is 2.48. The van der Waals surface area contributed by atoms with E-state index in [1.165, 1.54) is 0 Å². The minimum atomic E-state index is -0.230. The summed E-state index contributed by atoms with van der Waals surface area (Å²) in [6.07, 6.45) is 0. The Labute approximate surface area is 120 Å². The second-order valence-corrected chi connectivity index (χ2v) is 5.15. The average Bonchev–Trinajstić information content (AvgIpc) is 2.35. The van der Waals surface area contributed by atoms with Gasteiger partial charge in [-0.1, -0.05) is 24.3 Å². The summed E-state index contributed by atoms with van der Waals surface area (Å²) >= 11 is 2.22. The molecule has 0 aliphatic carbocycles. The average molecular weight is 352 g/mol. The van der Waals surface area contributed by atoms with E-state index >= 15 is 0 Å². The van der Waals surface area contributed by atoms with E-state index in [9.17, 15) is 4.79 Å². The molecule has 0 saturated carbocycles. The number of para-hydroxylation sites is 1. The van der Waals surface area contributed by atoms with E-state index in [0.717, 1.165) is 20.5 Å². The molecule has 0 bridgehead atoms. The van der Waals surface area contributed by atoms with E-state index in [1.54, 1.807) is 0 Å². The largest absolute Gasteiger partial charge is 0.323 e. The predicted octanol–water partition coefficient (Wildman–Crippen LogP) is 4.24. The summed E-state index contributed by atoms with van der Waals surface area (Å²) in [7, 11) is 0. The molecule has 0 saturated heterocycles. The van der Waals surface area contributed by atoms with Crippen molar-refractivity contribution in [3.05, 3.63) is 57.7 Å². The van der Waals surface area contributed by atoms with Crippen LogP contribution in [0.1, 0.15) is 5.56 Å². The van der Waals surface area contributed by atoms with Gasteiger partial charge in [0.1, 0.15) is 0 Å². The summed E-state index contributed by atoms with van der Waals surface area (Å²) in [5, 5.41) is 5.63. The maximum absolute atomic E-state index is 11.8. The van der Waals surface area contributed by atoms with Gasteiger partial charge < -0.3 is 10.6 Å². The Bertz CT molecular complexity index is 555. The number of amides is 2. The summed E-state index contributed by atoms with van der Waals surface area (Å²) in [6.45, 7) is 1.97. The SMILES string of the molecule is Cc1ccc(I)cc1NC(=O)Nc1ccccc1. The fraction of sp³-hybridized carbons (Fsp3) is 0.0714. The van der Waals surface area contributed by atoms with Gasteiger partial charge in [-0.05, 0) is 59.3 Å². The van der Waals surface area contributed by atoms with Crippen molar-refractivity contribution in [2.75, 3.05) is 10.6 Å². The van der Waals surface area contributed by atoms with E-state index in [4.69, 9.17) is 0 Å². The molecule has 2 N–H and O–H groups in total. The van der Waals surface area contributed by atoms with E-state index in [2.05, 4.69) is 33.2 Å². The van der Waals surface area contributed by atoms with Crippen LogP contribution in [0.2, 0.25) is 0 Å². The van der Waals surface area contributed by atoms with Crippen molar-refractivity contribution in [3.8, 4) is 0 Å². The molecule has 3 nitrogen and oxygen atoms in total. The van der Waals surface area contributed by atoms with E-state index in [0.29, 0.717) is 0 Å². The van der Waals surface area contributed by atoms with Gasteiger partial charge in [0.05, 0.1) is 0 Å². The van der Waals surface area contributed by atoms with Crippen molar-refractivity contribution in [1.29, 1.82) is 0 Å². The summed E-state index contributed by atoms with van der Waals surface area (Å²) in [5.41, 5.74) is 2.65. The first kappa shape index (κ1) is 12.9. The molecule has 2 amide bonds. The van der Waals surface area contributed by atoms with Crippen molar-refractivity contribution >= 4 is 40.0 Å². The molecule has 0 radical (unpaired) electrons. The Morgan fingerprint density at radius 1 is 1.06 bits per heavy atom. The number of hydrogen-bond donors (Lipinski definition) is 2. The first-order valence-electron chi connectivity index (χ1n) is 5.54. The third-order valence-corrected chi connectivity index (χ3v) is 3.15. The molecule has 0 fully saturated rings. The van der Waals surface area contributed by atoms with Crippen LogP contribution in [0.4, 0.5) is 16.2 Å². The van der Waals surface area contributed by atoms with Crippen LogP contribution in [0.3, 0.4) is 0 Å². The maximum Gasteiger partial charge on any atom is 0.323 e. The number of nitrogens with one attached hydrogen (secondary N) is 2. The summed E-state index contributed by atoms with van der Waals surface area (Å²) < 4.78 is 1.09. The summed E-state index contributed by atoms with van der Waals surface area (Å²) in [6, 6.07) is 15.1. The van der Waals surface area contributed by atoms with Crippen LogP contribution in [0.25, 0.3) is 0 Å². The number of anilines is 2. The molecule has 0 aliphatic heterocycles. The first-order valence-corrected chi connectivity index (χ1v) is 6.62. The quantitative estimate of drug-likeness (QED) is 0.780. The van der Waals surface area contributed by atoms with Crippen molar-refractivity contribution in [3.63, 3.8) is 0 Å². The number of aryl methyl sites for hydroxylation is 1. The standard InChI is InChI=1S/C14H13IN2O/c1-10-7-8-11(15)9-13(10)17-14(18)16-12-5-3-2-4-6-12/h2-9H,1H3,(H2,16,17,18). The predicted molar refractivity (Wildman–Crippen MR) is 83.0 cm³/mol. The second kappa shape index (κ2) is 5.86. The lowest BCUT2D eigenvalue weighted by Crippen LogP contribution is -2.19. The van der Waals surface area contributed by atoms with Crippen molar-refractivity contribution in [2.24, 2.45) is 0 Å². The second-order valence-electron chi connectivity index (χ2n) is 3.90. The molecule has 4 heteroatoms. The highest BCUT2D eigenvalue weighted by atomic mass is 127. The molecule has 0 aromatic heterocycles. The van der Waals surface area contributed by atoms with E-state index < -0.39 is 0 Å². The number of carbonyl (C=O) groups excluding carboxylic acids is 1. The van der Waals surface area contributed by atoms with Crippen LogP contribution >= 0.6 is 22.6 Å². The van der Waals surface area contributed by atoms with Crippen LogP contribution in [0.15, 0.2) is 48.5 Å². The molecule has 2 rings (SSSR count). The summed E-state index contributed by atoms with van der Waals surface area (Å²) in [4.78, 5) is 11.8. The van der Waals surface area contributed by atoms with Crippen LogP contribution in [-0.2, 0) is 0 Å². The number of rotatable bonds is 2. The molecule has 92 valence electrons. The molecule has 0 aliphatic rings. The van der Waals surface area contributed by atoms with Gasteiger partial charge in [-0.3, -0.25) is 0 Å². The number of hydrogen-bond acceptors (Lipinski definition) is 1. The van der Waals surface area contributed by atoms with Gasteiger partial charge in [0, 0.05) is 14.9 Å². The van der Waals surface area contributed by atoms with Crippen molar-refractivity contribution < 1.29 is 4.79 Å². The lowest BCUT2D eigenvalue weighted by molar-refractivity contribution is 0.262. The van der Waals surface area contributed by atoms with Gasteiger partial charge in [0.25, 0.3) is 0 Å². The van der Waals surface area contributed by atoms with Crippen molar-refractivity contribution in [2.45, 2.75) is 6.92 Å². The zero-order valence-corrected chi connectivity index (χ0v) is 12.1. The van der Waals surface area contributed by atoms with Crippen LogP contribution in [0, 0.1) is 10.5 Å². The zero-order chi connectivity index (χ0) is 13.0. The Kier molecular flexibility index (Phi) is 4.19. The number of halogens is 1. The van der Waals surface area contributed by atoms with Crippen molar-refractivity contribution in [1.82, 2.24) is 0 Å².